The van der Waals surface area contributed by atoms with Crippen LogP contribution in [0.3, 0.4) is 0 Å². The zero-order chi connectivity index (χ0) is 15.2. The Labute approximate surface area is 131 Å². The van der Waals surface area contributed by atoms with E-state index in [1.54, 1.807) is 12.1 Å². The predicted octanol–water partition coefficient (Wildman–Crippen LogP) is 4.37. The van der Waals surface area contributed by atoms with Gasteiger partial charge in [-0.2, -0.15) is 0 Å². The molecule has 0 aliphatic carbocycles. The monoisotopic (exact) mass is 350 g/mol. The first kappa shape index (κ1) is 15.3. The van der Waals surface area contributed by atoms with Crippen LogP contribution < -0.4 is 10.1 Å². The number of benzene rings is 2. The number of rotatable bonds is 6. The maximum absolute atomic E-state index is 11.0. The van der Waals surface area contributed by atoms with Gasteiger partial charge in [-0.15, -0.1) is 0 Å². The van der Waals surface area contributed by atoms with Gasteiger partial charge in [-0.05, 0) is 36.8 Å². The van der Waals surface area contributed by atoms with Crippen LogP contribution in [-0.2, 0) is 6.54 Å². The number of anilines is 1. The lowest BCUT2D eigenvalue weighted by molar-refractivity contribution is -0.384. The molecule has 0 aliphatic rings. The van der Waals surface area contributed by atoms with Crippen LogP contribution in [0.15, 0.2) is 46.9 Å². The third-order valence-corrected chi connectivity index (χ3v) is 3.34. The smallest absolute Gasteiger partial charge is 0.292 e. The number of nitro benzene ring substituents is 1. The van der Waals surface area contributed by atoms with E-state index in [-0.39, 0.29) is 5.69 Å². The third kappa shape index (κ3) is 4.19. The molecule has 1 N–H and O–H groups in total. The topological polar surface area (TPSA) is 64.4 Å². The van der Waals surface area contributed by atoms with E-state index in [9.17, 15) is 10.1 Å². The molecule has 0 saturated carbocycles. The number of ether oxygens (including phenoxy) is 1. The summed E-state index contributed by atoms with van der Waals surface area (Å²) in [6.07, 6.45) is 0. The van der Waals surface area contributed by atoms with Crippen molar-refractivity contribution in [3.8, 4) is 5.75 Å². The maximum Gasteiger partial charge on any atom is 0.292 e. The minimum atomic E-state index is -0.397. The van der Waals surface area contributed by atoms with Crippen molar-refractivity contribution in [2.45, 2.75) is 13.5 Å². The number of nitro groups is 1. The molecular formula is C15H15BrN2O3. The zero-order valence-corrected chi connectivity index (χ0v) is 13.1. The van der Waals surface area contributed by atoms with Crippen LogP contribution in [0.25, 0.3) is 0 Å². The van der Waals surface area contributed by atoms with Gasteiger partial charge in [-0.1, -0.05) is 28.1 Å². The van der Waals surface area contributed by atoms with Crippen molar-refractivity contribution in [3.63, 3.8) is 0 Å². The van der Waals surface area contributed by atoms with Gasteiger partial charge in [0.25, 0.3) is 5.69 Å². The molecule has 0 fully saturated rings. The Morgan fingerprint density at radius 1 is 1.29 bits per heavy atom. The Kier molecular flexibility index (Phi) is 5.16. The minimum Gasteiger partial charge on any atom is -0.494 e. The van der Waals surface area contributed by atoms with Crippen molar-refractivity contribution in [3.05, 3.63) is 62.6 Å². The molecule has 0 radical (unpaired) electrons. The molecule has 6 heteroatoms. The van der Waals surface area contributed by atoms with E-state index in [0.29, 0.717) is 18.8 Å². The first-order chi connectivity index (χ1) is 10.1. The van der Waals surface area contributed by atoms with E-state index in [1.165, 1.54) is 6.07 Å². The third-order valence-electron chi connectivity index (χ3n) is 2.85. The molecule has 0 heterocycles. The van der Waals surface area contributed by atoms with Crippen LogP contribution in [0.1, 0.15) is 12.5 Å². The van der Waals surface area contributed by atoms with Crippen molar-refractivity contribution >= 4 is 27.3 Å². The van der Waals surface area contributed by atoms with Crippen molar-refractivity contribution in [2.24, 2.45) is 0 Å². The molecule has 0 saturated heterocycles. The highest BCUT2D eigenvalue weighted by Crippen LogP contribution is 2.28. The van der Waals surface area contributed by atoms with Gasteiger partial charge in [-0.25, -0.2) is 0 Å². The number of hydrogen-bond donors (Lipinski definition) is 1. The van der Waals surface area contributed by atoms with E-state index in [0.717, 1.165) is 15.8 Å². The van der Waals surface area contributed by atoms with Crippen LogP contribution in [0.5, 0.6) is 5.75 Å². The molecular weight excluding hydrogens is 336 g/mol. The Bertz CT molecular complexity index is 647. The van der Waals surface area contributed by atoms with Gasteiger partial charge in [0, 0.05) is 17.1 Å². The molecule has 0 bridgehead atoms. The van der Waals surface area contributed by atoms with Gasteiger partial charge in [-0.3, -0.25) is 10.1 Å². The highest BCUT2D eigenvalue weighted by atomic mass is 79.9. The molecule has 2 rings (SSSR count). The summed E-state index contributed by atoms with van der Waals surface area (Å²) in [6, 6.07) is 12.5. The second-order valence-electron chi connectivity index (χ2n) is 4.35. The van der Waals surface area contributed by atoms with E-state index >= 15 is 0 Å². The van der Waals surface area contributed by atoms with Gasteiger partial charge in [0.05, 0.1) is 11.5 Å². The second-order valence-corrected chi connectivity index (χ2v) is 5.27. The van der Waals surface area contributed by atoms with Crippen LogP contribution >= 0.6 is 15.9 Å². The lowest BCUT2D eigenvalue weighted by atomic mass is 10.2. The normalized spacial score (nSPS) is 10.2. The lowest BCUT2D eigenvalue weighted by Crippen LogP contribution is -2.03. The molecule has 0 unspecified atom stereocenters. The van der Waals surface area contributed by atoms with Crippen LogP contribution in [0.4, 0.5) is 11.4 Å². The van der Waals surface area contributed by atoms with Gasteiger partial charge in [0.15, 0.2) is 0 Å². The van der Waals surface area contributed by atoms with Crippen molar-refractivity contribution in [1.82, 2.24) is 0 Å². The Hall–Kier alpha value is -2.08. The fourth-order valence-corrected chi connectivity index (χ4v) is 2.28. The standard InChI is InChI=1S/C15H15BrN2O3/c1-2-21-13-5-3-4-11(8-13)10-17-14-9-12(16)6-7-15(14)18(19)20/h3-9,17H,2,10H2,1H3. The summed E-state index contributed by atoms with van der Waals surface area (Å²) in [5, 5.41) is 14.1. The second kappa shape index (κ2) is 7.08. The Morgan fingerprint density at radius 3 is 2.81 bits per heavy atom. The molecule has 5 nitrogen and oxygen atoms in total. The van der Waals surface area contributed by atoms with E-state index in [2.05, 4.69) is 21.2 Å². The number of nitrogens with one attached hydrogen (secondary N) is 1. The molecule has 0 amide bonds. The molecule has 2 aromatic rings. The summed E-state index contributed by atoms with van der Waals surface area (Å²) in [5.41, 5.74) is 1.53. The van der Waals surface area contributed by atoms with Crippen molar-refractivity contribution < 1.29 is 9.66 Å². The number of halogens is 1. The molecule has 2 aromatic carbocycles. The molecule has 21 heavy (non-hydrogen) atoms. The fraction of sp³-hybridized carbons (Fsp3) is 0.200. The summed E-state index contributed by atoms with van der Waals surface area (Å²) in [6.45, 7) is 3.02. The minimum absolute atomic E-state index is 0.0548. The van der Waals surface area contributed by atoms with Crippen LogP contribution in [-0.4, -0.2) is 11.5 Å². The summed E-state index contributed by atoms with van der Waals surface area (Å²) >= 11 is 3.32. The van der Waals surface area contributed by atoms with E-state index < -0.39 is 4.92 Å². The Balaban J connectivity index is 2.14. The summed E-state index contributed by atoms with van der Waals surface area (Å²) in [5.74, 6) is 0.792. The van der Waals surface area contributed by atoms with Crippen LogP contribution in [0.2, 0.25) is 0 Å². The van der Waals surface area contributed by atoms with Crippen LogP contribution in [0, 0.1) is 10.1 Å². The largest absolute Gasteiger partial charge is 0.494 e. The lowest BCUT2D eigenvalue weighted by Gasteiger charge is -2.09. The SMILES string of the molecule is CCOc1cccc(CNc2cc(Br)ccc2[N+](=O)[O-])c1. The maximum atomic E-state index is 11.0. The molecule has 110 valence electrons. The van der Waals surface area contributed by atoms with Gasteiger partial charge in [0.1, 0.15) is 11.4 Å². The van der Waals surface area contributed by atoms with E-state index in [1.807, 2.05) is 31.2 Å². The van der Waals surface area contributed by atoms with E-state index in [4.69, 9.17) is 4.74 Å². The van der Waals surface area contributed by atoms with Gasteiger partial charge >= 0.3 is 0 Å². The first-order valence-corrected chi connectivity index (χ1v) is 7.29. The molecule has 0 spiro atoms. The summed E-state index contributed by atoms with van der Waals surface area (Å²) < 4.78 is 6.23. The van der Waals surface area contributed by atoms with Gasteiger partial charge in [0.2, 0.25) is 0 Å². The molecule has 0 atom stereocenters. The Morgan fingerprint density at radius 2 is 2.10 bits per heavy atom. The highest BCUT2D eigenvalue weighted by molar-refractivity contribution is 9.10. The summed E-state index contributed by atoms with van der Waals surface area (Å²) in [4.78, 5) is 10.6. The number of nitrogens with zero attached hydrogens (tertiary/aromatic N) is 1. The van der Waals surface area contributed by atoms with Crippen molar-refractivity contribution in [2.75, 3.05) is 11.9 Å². The fourth-order valence-electron chi connectivity index (χ4n) is 1.92. The average molecular weight is 351 g/mol. The first-order valence-electron chi connectivity index (χ1n) is 6.49. The zero-order valence-electron chi connectivity index (χ0n) is 11.5. The van der Waals surface area contributed by atoms with Crippen molar-refractivity contribution in [1.29, 1.82) is 0 Å². The summed E-state index contributed by atoms with van der Waals surface area (Å²) in [7, 11) is 0. The molecule has 0 aliphatic heterocycles. The highest BCUT2D eigenvalue weighted by Gasteiger charge is 2.13. The molecule has 0 aromatic heterocycles. The number of hydrogen-bond acceptors (Lipinski definition) is 4. The van der Waals surface area contributed by atoms with Gasteiger partial charge < -0.3 is 10.1 Å². The quantitative estimate of drug-likeness (QED) is 0.620. The predicted molar refractivity (Wildman–Crippen MR) is 85.7 cm³/mol. The average Bonchev–Trinajstić information content (AvgIpc) is 2.45.